The molecule has 0 aliphatic carbocycles. The average molecular weight is 326 g/mol. The fourth-order valence-corrected chi connectivity index (χ4v) is 2.82. The monoisotopic (exact) mass is 325 g/mol. The maximum absolute atomic E-state index is 11.8. The van der Waals surface area contributed by atoms with Crippen LogP contribution in [-0.4, -0.2) is 21.4 Å². The van der Waals surface area contributed by atoms with Gasteiger partial charge in [0.2, 0.25) is 11.0 Å². The third-order valence-electron chi connectivity index (χ3n) is 2.23. The third-order valence-corrected chi connectivity index (χ3v) is 3.52. The van der Waals surface area contributed by atoms with Crippen molar-refractivity contribution in [2.45, 2.75) is 12.8 Å². The van der Waals surface area contributed by atoms with Gasteiger partial charge in [0.25, 0.3) is 0 Å². The zero-order valence-electron chi connectivity index (χ0n) is 9.60. The Hall–Kier alpha value is -1.27. The van der Waals surface area contributed by atoms with Gasteiger partial charge in [-0.25, -0.2) is 0 Å². The summed E-state index contributed by atoms with van der Waals surface area (Å²) in [4.78, 5) is 11.8. The van der Waals surface area contributed by atoms with E-state index in [1.807, 2.05) is 30.3 Å². The minimum atomic E-state index is -0.0669. The molecule has 6 heteroatoms. The zero-order valence-corrected chi connectivity index (χ0v) is 12.0. The summed E-state index contributed by atoms with van der Waals surface area (Å²) in [5.74, 6) is -0.0669. The molecule has 0 saturated carbocycles. The first-order chi connectivity index (χ1) is 8.78. The number of anilines is 1. The Morgan fingerprint density at radius 1 is 1.28 bits per heavy atom. The Morgan fingerprint density at radius 2 is 2.06 bits per heavy atom. The molecule has 0 fully saturated rings. The van der Waals surface area contributed by atoms with Crippen molar-refractivity contribution in [1.82, 2.24) is 10.2 Å². The van der Waals surface area contributed by atoms with Crippen molar-refractivity contribution in [3.63, 3.8) is 0 Å². The highest BCUT2D eigenvalue weighted by molar-refractivity contribution is 9.09. The second-order valence-electron chi connectivity index (χ2n) is 3.65. The number of carbonyl (C=O) groups excluding carboxylic acids is 1. The van der Waals surface area contributed by atoms with Crippen LogP contribution in [0, 0.1) is 0 Å². The lowest BCUT2D eigenvalue weighted by Crippen LogP contribution is -2.14. The fourth-order valence-electron chi connectivity index (χ4n) is 1.43. The van der Waals surface area contributed by atoms with Gasteiger partial charge in [0.1, 0.15) is 5.01 Å². The molecule has 0 bridgehead atoms. The highest BCUT2D eigenvalue weighted by Gasteiger charge is 2.08. The summed E-state index contributed by atoms with van der Waals surface area (Å²) in [6, 6.07) is 9.62. The predicted octanol–water partition coefficient (Wildman–Crippen LogP) is 2.66. The van der Waals surface area contributed by atoms with E-state index in [1.54, 1.807) is 0 Å². The van der Waals surface area contributed by atoms with Crippen LogP contribution in [0.3, 0.4) is 0 Å². The molecular formula is C12H12BrN3OS. The maximum Gasteiger partial charge on any atom is 0.230 e. The van der Waals surface area contributed by atoms with Gasteiger partial charge in [0.15, 0.2) is 0 Å². The summed E-state index contributed by atoms with van der Waals surface area (Å²) < 4.78 is 0. The lowest BCUT2D eigenvalue weighted by atomic mass is 10.1. The van der Waals surface area contributed by atoms with Gasteiger partial charge in [0.05, 0.1) is 6.42 Å². The minimum absolute atomic E-state index is 0.0669. The molecule has 0 spiro atoms. The molecule has 2 rings (SSSR count). The number of amides is 1. The van der Waals surface area contributed by atoms with Crippen molar-refractivity contribution in [2.75, 3.05) is 10.6 Å². The molecule has 1 aromatic heterocycles. The Morgan fingerprint density at radius 3 is 2.78 bits per heavy atom. The van der Waals surface area contributed by atoms with Gasteiger partial charge in [-0.2, -0.15) is 0 Å². The van der Waals surface area contributed by atoms with E-state index in [1.165, 1.54) is 11.3 Å². The van der Waals surface area contributed by atoms with Gasteiger partial charge in [-0.1, -0.05) is 57.6 Å². The van der Waals surface area contributed by atoms with E-state index >= 15 is 0 Å². The predicted molar refractivity (Wildman–Crippen MR) is 76.2 cm³/mol. The van der Waals surface area contributed by atoms with Crippen LogP contribution >= 0.6 is 27.3 Å². The van der Waals surface area contributed by atoms with Crippen molar-refractivity contribution in [1.29, 1.82) is 0 Å². The van der Waals surface area contributed by atoms with Crippen molar-refractivity contribution in [3.8, 4) is 0 Å². The molecule has 1 N–H and O–H groups in total. The van der Waals surface area contributed by atoms with Crippen LogP contribution in [0.2, 0.25) is 0 Å². The molecule has 0 unspecified atom stereocenters. The molecule has 0 radical (unpaired) electrons. The number of rotatable bonds is 5. The quantitative estimate of drug-likeness (QED) is 0.860. The summed E-state index contributed by atoms with van der Waals surface area (Å²) in [6.07, 6.45) is 1.18. The molecule has 1 aromatic carbocycles. The number of benzene rings is 1. The minimum Gasteiger partial charge on any atom is -0.300 e. The van der Waals surface area contributed by atoms with E-state index < -0.39 is 0 Å². The smallest absolute Gasteiger partial charge is 0.230 e. The number of carbonyl (C=O) groups is 1. The first kappa shape index (κ1) is 13.2. The molecule has 4 nitrogen and oxygen atoms in total. The van der Waals surface area contributed by atoms with Crippen molar-refractivity contribution < 1.29 is 4.79 Å². The molecule has 0 aliphatic heterocycles. The lowest BCUT2D eigenvalue weighted by molar-refractivity contribution is -0.115. The van der Waals surface area contributed by atoms with Gasteiger partial charge in [-0.3, -0.25) is 4.79 Å². The first-order valence-electron chi connectivity index (χ1n) is 5.50. The van der Waals surface area contributed by atoms with E-state index in [-0.39, 0.29) is 5.91 Å². The van der Waals surface area contributed by atoms with Crippen molar-refractivity contribution in [2.24, 2.45) is 0 Å². The van der Waals surface area contributed by atoms with E-state index in [2.05, 4.69) is 31.4 Å². The number of nitrogens with one attached hydrogen (secondary N) is 1. The zero-order chi connectivity index (χ0) is 12.8. The molecule has 94 valence electrons. The Kier molecular flexibility index (Phi) is 4.83. The largest absolute Gasteiger partial charge is 0.300 e. The molecule has 1 amide bonds. The van der Waals surface area contributed by atoms with Gasteiger partial charge in [-0.15, -0.1) is 10.2 Å². The summed E-state index contributed by atoms with van der Waals surface area (Å²) in [6.45, 7) is 0. The number of alkyl halides is 1. The van der Waals surface area contributed by atoms with Crippen LogP contribution < -0.4 is 5.32 Å². The van der Waals surface area contributed by atoms with Gasteiger partial charge < -0.3 is 5.32 Å². The summed E-state index contributed by atoms with van der Waals surface area (Å²) in [5, 5.41) is 13.0. The molecule has 2 aromatic rings. The normalized spacial score (nSPS) is 10.3. The highest BCUT2D eigenvalue weighted by Crippen LogP contribution is 2.16. The Labute approximate surface area is 118 Å². The second kappa shape index (κ2) is 6.61. The standard InChI is InChI=1S/C12H12BrN3OS/c13-7-6-11-15-16-12(18-11)14-10(17)8-9-4-2-1-3-5-9/h1-5H,6-8H2,(H,14,16,17). The first-order valence-corrected chi connectivity index (χ1v) is 7.44. The van der Waals surface area contributed by atoms with Crippen molar-refractivity contribution >= 4 is 38.3 Å². The number of aryl methyl sites for hydroxylation is 1. The van der Waals surface area contributed by atoms with Gasteiger partial charge in [-0.05, 0) is 5.56 Å². The van der Waals surface area contributed by atoms with E-state index in [0.29, 0.717) is 11.6 Å². The summed E-state index contributed by atoms with van der Waals surface area (Å²) in [5.41, 5.74) is 0.986. The highest BCUT2D eigenvalue weighted by atomic mass is 79.9. The number of hydrogen-bond acceptors (Lipinski definition) is 4. The molecule has 0 aliphatic rings. The van der Waals surface area contributed by atoms with Gasteiger partial charge >= 0.3 is 0 Å². The lowest BCUT2D eigenvalue weighted by Gasteiger charge is -2.00. The SMILES string of the molecule is O=C(Cc1ccccc1)Nc1nnc(CCBr)s1. The number of halogens is 1. The van der Waals surface area contributed by atoms with Crippen LogP contribution in [0.4, 0.5) is 5.13 Å². The van der Waals surface area contributed by atoms with Crippen LogP contribution in [0.25, 0.3) is 0 Å². The number of aromatic nitrogens is 2. The van der Waals surface area contributed by atoms with Crippen LogP contribution in [0.15, 0.2) is 30.3 Å². The van der Waals surface area contributed by atoms with Crippen LogP contribution in [0.1, 0.15) is 10.6 Å². The van der Waals surface area contributed by atoms with E-state index in [4.69, 9.17) is 0 Å². The topological polar surface area (TPSA) is 54.9 Å². The number of hydrogen-bond donors (Lipinski definition) is 1. The summed E-state index contributed by atoms with van der Waals surface area (Å²) >= 11 is 4.75. The molecule has 0 atom stereocenters. The van der Waals surface area contributed by atoms with Gasteiger partial charge in [0, 0.05) is 11.8 Å². The Balaban J connectivity index is 1.90. The average Bonchev–Trinajstić information content (AvgIpc) is 2.78. The van der Waals surface area contributed by atoms with E-state index in [0.717, 1.165) is 22.3 Å². The second-order valence-corrected chi connectivity index (χ2v) is 5.51. The van der Waals surface area contributed by atoms with Crippen LogP contribution in [0.5, 0.6) is 0 Å². The molecule has 18 heavy (non-hydrogen) atoms. The van der Waals surface area contributed by atoms with Crippen LogP contribution in [-0.2, 0) is 17.6 Å². The number of nitrogens with zero attached hydrogens (tertiary/aromatic N) is 2. The third kappa shape index (κ3) is 3.89. The van der Waals surface area contributed by atoms with E-state index in [9.17, 15) is 4.79 Å². The molecule has 1 heterocycles. The van der Waals surface area contributed by atoms with Crippen molar-refractivity contribution in [3.05, 3.63) is 40.9 Å². The maximum atomic E-state index is 11.8. The summed E-state index contributed by atoms with van der Waals surface area (Å²) in [7, 11) is 0. The Bertz CT molecular complexity index is 515. The fraction of sp³-hybridized carbons (Fsp3) is 0.250. The molecular weight excluding hydrogens is 314 g/mol. The molecule has 0 saturated heterocycles.